The molecule has 2 aliphatic heterocycles. The zero-order chi connectivity index (χ0) is 15.6. The van der Waals surface area contributed by atoms with E-state index in [4.69, 9.17) is 5.10 Å². The average molecular weight is 330 g/mol. The second-order valence-electron chi connectivity index (χ2n) is 6.44. The Bertz CT molecular complexity index is 655. The van der Waals surface area contributed by atoms with Gasteiger partial charge in [0.05, 0.1) is 22.8 Å². The number of likely N-dealkylation sites (tertiary alicyclic amines) is 1. The van der Waals surface area contributed by atoms with Crippen LogP contribution in [-0.2, 0) is 19.6 Å². The molecule has 1 unspecified atom stereocenters. The van der Waals surface area contributed by atoms with Crippen LogP contribution < -0.4 is 5.32 Å². The van der Waals surface area contributed by atoms with E-state index < -0.39 is 0 Å². The number of piperidine rings is 1. The summed E-state index contributed by atoms with van der Waals surface area (Å²) in [7, 11) is 0. The van der Waals surface area contributed by atoms with E-state index in [0.29, 0.717) is 5.78 Å². The molecule has 0 aromatic carbocycles. The van der Waals surface area contributed by atoms with E-state index >= 15 is 0 Å². The minimum Gasteiger partial charge on any atom is -0.309 e. The Labute approximate surface area is 140 Å². The zero-order valence-corrected chi connectivity index (χ0v) is 14.0. The van der Waals surface area contributed by atoms with E-state index in [1.807, 2.05) is 17.5 Å². The maximum absolute atomic E-state index is 12.6. The molecule has 2 aromatic heterocycles. The molecule has 2 aromatic rings. The molecule has 1 N–H and O–H groups in total. The van der Waals surface area contributed by atoms with Crippen molar-refractivity contribution in [1.82, 2.24) is 20.0 Å². The van der Waals surface area contributed by atoms with Gasteiger partial charge in [-0.3, -0.25) is 14.4 Å². The van der Waals surface area contributed by atoms with Gasteiger partial charge in [0, 0.05) is 32.1 Å². The van der Waals surface area contributed by atoms with Crippen LogP contribution in [0.25, 0.3) is 0 Å². The van der Waals surface area contributed by atoms with Gasteiger partial charge in [-0.05, 0) is 36.9 Å². The summed E-state index contributed by atoms with van der Waals surface area (Å²) in [6.45, 7) is 5.64. The van der Waals surface area contributed by atoms with Gasteiger partial charge < -0.3 is 5.32 Å². The normalized spacial score (nSPS) is 22.0. The van der Waals surface area contributed by atoms with Crippen LogP contribution in [0.1, 0.15) is 33.9 Å². The van der Waals surface area contributed by atoms with Gasteiger partial charge in [-0.25, -0.2) is 0 Å². The first-order chi connectivity index (χ1) is 11.3. The van der Waals surface area contributed by atoms with Crippen LogP contribution in [0.15, 0.2) is 23.6 Å². The quantitative estimate of drug-likeness (QED) is 0.873. The summed E-state index contributed by atoms with van der Waals surface area (Å²) >= 11 is 1.56. The van der Waals surface area contributed by atoms with Gasteiger partial charge in [0.1, 0.15) is 0 Å². The highest BCUT2D eigenvalue weighted by atomic mass is 32.1. The predicted octanol–water partition coefficient (Wildman–Crippen LogP) is 2.14. The molecule has 2 aliphatic rings. The van der Waals surface area contributed by atoms with Crippen molar-refractivity contribution < 1.29 is 4.79 Å². The third-order valence-electron chi connectivity index (χ3n) is 4.75. The Morgan fingerprint density at radius 1 is 1.43 bits per heavy atom. The lowest BCUT2D eigenvalue weighted by Crippen LogP contribution is -2.38. The topological polar surface area (TPSA) is 50.2 Å². The summed E-state index contributed by atoms with van der Waals surface area (Å²) in [5.74, 6) is 0.458. The molecular formula is C17H22N4OS. The molecule has 4 heterocycles. The molecule has 122 valence electrons. The minimum atomic E-state index is 0.140. The maximum atomic E-state index is 12.6. The van der Waals surface area contributed by atoms with E-state index in [0.717, 1.165) is 62.7 Å². The van der Waals surface area contributed by atoms with Crippen molar-refractivity contribution in [2.45, 2.75) is 32.5 Å². The number of nitrogens with zero attached hydrogens (tertiary/aromatic N) is 3. The summed E-state index contributed by atoms with van der Waals surface area (Å²) in [5.41, 5.74) is 2.40. The second-order valence-corrected chi connectivity index (χ2v) is 7.39. The van der Waals surface area contributed by atoms with Crippen LogP contribution in [0.4, 0.5) is 0 Å². The number of ketones is 1. The lowest BCUT2D eigenvalue weighted by Gasteiger charge is -2.31. The lowest BCUT2D eigenvalue weighted by atomic mass is 9.93. The van der Waals surface area contributed by atoms with E-state index in [1.165, 1.54) is 5.69 Å². The van der Waals surface area contributed by atoms with Crippen LogP contribution in [0, 0.1) is 5.92 Å². The first-order valence-electron chi connectivity index (χ1n) is 8.36. The molecule has 1 saturated heterocycles. The highest BCUT2D eigenvalue weighted by Gasteiger charge is 2.27. The highest BCUT2D eigenvalue weighted by Crippen LogP contribution is 2.24. The number of fused-ring (bicyclic) bond motifs is 1. The monoisotopic (exact) mass is 330 g/mol. The molecule has 5 nitrogen and oxygen atoms in total. The SMILES string of the molecule is O=C(c1cccs1)C1CCCN(Cc2cc3n(n2)CCNC3)C1. The number of hydrogen-bond acceptors (Lipinski definition) is 5. The molecule has 0 amide bonds. The number of thiophene rings is 1. The van der Waals surface area contributed by atoms with E-state index in [2.05, 4.69) is 21.0 Å². The van der Waals surface area contributed by atoms with Gasteiger partial charge in [-0.2, -0.15) is 5.10 Å². The smallest absolute Gasteiger partial charge is 0.177 e. The second kappa shape index (κ2) is 6.55. The zero-order valence-electron chi connectivity index (χ0n) is 13.2. The number of carbonyl (C=O) groups excluding carboxylic acids is 1. The third kappa shape index (κ3) is 3.24. The number of aromatic nitrogens is 2. The van der Waals surface area contributed by atoms with Crippen molar-refractivity contribution >= 4 is 17.1 Å². The number of rotatable bonds is 4. The van der Waals surface area contributed by atoms with Gasteiger partial charge in [0.15, 0.2) is 5.78 Å². The van der Waals surface area contributed by atoms with E-state index in [1.54, 1.807) is 11.3 Å². The Morgan fingerprint density at radius 2 is 2.39 bits per heavy atom. The molecule has 6 heteroatoms. The molecule has 1 fully saturated rings. The van der Waals surface area contributed by atoms with Crippen molar-refractivity contribution in [2.24, 2.45) is 5.92 Å². The lowest BCUT2D eigenvalue weighted by molar-refractivity contribution is 0.0814. The van der Waals surface area contributed by atoms with Crippen LogP contribution in [0.3, 0.4) is 0 Å². The van der Waals surface area contributed by atoms with Crippen molar-refractivity contribution in [3.05, 3.63) is 39.8 Å². The number of hydrogen-bond donors (Lipinski definition) is 1. The molecule has 0 bridgehead atoms. The summed E-state index contributed by atoms with van der Waals surface area (Å²) < 4.78 is 2.12. The van der Waals surface area contributed by atoms with Gasteiger partial charge in [0.2, 0.25) is 0 Å². The summed E-state index contributed by atoms with van der Waals surface area (Å²) in [4.78, 5) is 15.9. The Kier molecular flexibility index (Phi) is 4.29. The van der Waals surface area contributed by atoms with Crippen molar-refractivity contribution in [2.75, 3.05) is 19.6 Å². The van der Waals surface area contributed by atoms with E-state index in [-0.39, 0.29) is 5.92 Å². The van der Waals surface area contributed by atoms with Gasteiger partial charge >= 0.3 is 0 Å². The van der Waals surface area contributed by atoms with Crippen LogP contribution in [0.2, 0.25) is 0 Å². The Hall–Kier alpha value is -1.50. The molecular weight excluding hydrogens is 308 g/mol. The number of nitrogens with one attached hydrogen (secondary N) is 1. The van der Waals surface area contributed by atoms with Crippen molar-refractivity contribution in [3.63, 3.8) is 0 Å². The van der Waals surface area contributed by atoms with Crippen LogP contribution in [-0.4, -0.2) is 40.1 Å². The molecule has 0 spiro atoms. The van der Waals surface area contributed by atoms with Crippen LogP contribution >= 0.6 is 11.3 Å². The van der Waals surface area contributed by atoms with Gasteiger partial charge in [0.25, 0.3) is 0 Å². The largest absolute Gasteiger partial charge is 0.309 e. The molecule has 0 saturated carbocycles. The average Bonchev–Trinajstić information content (AvgIpc) is 3.23. The predicted molar refractivity (Wildman–Crippen MR) is 90.6 cm³/mol. The molecule has 4 rings (SSSR count). The van der Waals surface area contributed by atoms with E-state index in [9.17, 15) is 4.79 Å². The van der Waals surface area contributed by atoms with Gasteiger partial charge in [-0.1, -0.05) is 6.07 Å². The maximum Gasteiger partial charge on any atom is 0.177 e. The fourth-order valence-electron chi connectivity index (χ4n) is 3.59. The first-order valence-corrected chi connectivity index (χ1v) is 9.24. The summed E-state index contributed by atoms with van der Waals surface area (Å²) in [5, 5.41) is 10.1. The number of Topliss-reactive ketones (excluding diaryl/α,β-unsaturated/α-hetero) is 1. The molecule has 1 atom stereocenters. The Morgan fingerprint density at radius 3 is 3.22 bits per heavy atom. The molecule has 0 aliphatic carbocycles. The number of carbonyl (C=O) groups is 1. The Balaban J connectivity index is 1.41. The molecule has 0 radical (unpaired) electrons. The third-order valence-corrected chi connectivity index (χ3v) is 5.63. The van der Waals surface area contributed by atoms with Gasteiger partial charge in [-0.15, -0.1) is 11.3 Å². The fraction of sp³-hybridized carbons (Fsp3) is 0.529. The fourth-order valence-corrected chi connectivity index (χ4v) is 4.34. The van der Waals surface area contributed by atoms with Crippen molar-refractivity contribution in [1.29, 1.82) is 0 Å². The minimum absolute atomic E-state index is 0.140. The summed E-state index contributed by atoms with van der Waals surface area (Å²) in [6.07, 6.45) is 2.10. The summed E-state index contributed by atoms with van der Waals surface area (Å²) in [6, 6.07) is 6.11. The van der Waals surface area contributed by atoms with Crippen LogP contribution in [0.5, 0.6) is 0 Å². The highest BCUT2D eigenvalue weighted by molar-refractivity contribution is 7.12. The molecule has 23 heavy (non-hydrogen) atoms. The first kappa shape index (κ1) is 15.1. The standard InChI is InChI=1S/C17H22N4OS/c22-17(16-4-2-8-23-16)13-3-1-6-20(11-13)12-14-9-15-10-18-5-7-21(15)19-14/h2,4,8-9,13,18H,1,3,5-7,10-12H2. The van der Waals surface area contributed by atoms with Crippen molar-refractivity contribution in [3.8, 4) is 0 Å².